The number of fused-ring (bicyclic) bond motifs is 2. The van der Waals surface area contributed by atoms with E-state index in [1.54, 1.807) is 16.9 Å². The number of hydrogen-bond donors (Lipinski definition) is 1. The van der Waals surface area contributed by atoms with E-state index in [0.717, 1.165) is 18.7 Å². The molecule has 5 heterocycles. The molecule has 3 aliphatic heterocycles. The number of rotatable bonds is 5. The summed E-state index contributed by atoms with van der Waals surface area (Å²) < 4.78 is 56.4. The first-order valence-corrected chi connectivity index (χ1v) is 13.6. The van der Waals surface area contributed by atoms with E-state index < -0.39 is 17.2 Å². The molecule has 3 fully saturated rings. The van der Waals surface area contributed by atoms with Crippen LogP contribution in [0.4, 0.5) is 13.2 Å². The van der Waals surface area contributed by atoms with Crippen LogP contribution >= 0.6 is 0 Å². The Morgan fingerprint density at radius 1 is 1.27 bits per heavy atom. The van der Waals surface area contributed by atoms with Crippen molar-refractivity contribution in [3.63, 3.8) is 0 Å². The van der Waals surface area contributed by atoms with Crippen LogP contribution in [0.15, 0.2) is 29.0 Å². The van der Waals surface area contributed by atoms with Crippen LogP contribution in [0.2, 0.25) is 0 Å². The molecule has 2 unspecified atom stereocenters. The van der Waals surface area contributed by atoms with Gasteiger partial charge in [-0.15, -0.1) is 0 Å². The molecule has 0 aromatic carbocycles. The zero-order valence-electron chi connectivity index (χ0n) is 22.2. The lowest BCUT2D eigenvalue weighted by Crippen LogP contribution is -2.52. The largest absolute Gasteiger partial charge is 0.417 e. The van der Waals surface area contributed by atoms with Gasteiger partial charge in [0.1, 0.15) is 0 Å². The van der Waals surface area contributed by atoms with E-state index in [1.165, 1.54) is 12.3 Å². The average molecular weight is 564 g/mol. The van der Waals surface area contributed by atoms with Crippen LogP contribution in [0.1, 0.15) is 46.6 Å². The van der Waals surface area contributed by atoms with Gasteiger partial charge in [-0.1, -0.05) is 5.16 Å². The number of likely N-dealkylation sites (tertiary alicyclic amines) is 1. The maximum atomic E-state index is 14.3. The van der Waals surface area contributed by atoms with Gasteiger partial charge in [0.15, 0.2) is 0 Å². The molecular formula is C27H32F3N5O5. The van der Waals surface area contributed by atoms with Crippen LogP contribution in [0.25, 0.3) is 0 Å². The number of methoxy groups -OCH3 is 1. The van der Waals surface area contributed by atoms with Gasteiger partial charge in [0.05, 0.1) is 29.9 Å². The van der Waals surface area contributed by atoms with Crippen molar-refractivity contribution in [3.05, 3.63) is 47.1 Å². The minimum absolute atomic E-state index is 0.0211. The zero-order valence-corrected chi connectivity index (χ0v) is 22.2. The number of halogens is 3. The van der Waals surface area contributed by atoms with Crippen LogP contribution in [-0.4, -0.2) is 89.9 Å². The number of hydrogen-bond acceptors (Lipinski definition) is 8. The zero-order chi connectivity index (χ0) is 28.1. The minimum Gasteiger partial charge on any atom is -0.379 e. The Hall–Kier alpha value is -3.03. The molecule has 13 heteroatoms. The standard InChI is InChI=1S/C27H32F3N5O5/c1-38-23-14-39-7-4-21(23)33-19-9-18-13-35(24(36)22-2-5-32-40-22)15-26(18,10-19)25(37)34-6-3-20-16(12-34)8-17(11-31-20)27(28,29)30/h2,5,8,11,18-19,21,23,33H,3-4,6-7,9-10,12-15H2,1H3/t18-,19+,21?,23?,26-/m0/s1. The molecule has 0 bridgehead atoms. The second kappa shape index (κ2) is 10.4. The SMILES string of the molecule is COC1COCCC1N[C@@H]1C[C@H]2CN(C(=O)c3ccno3)C[C@@]2(C(=O)N2CCc3ncc(C(F)(F)F)cc3C2)C1. The van der Waals surface area contributed by atoms with Crippen LogP contribution in [0.3, 0.4) is 0 Å². The molecule has 1 N–H and O–H groups in total. The molecule has 40 heavy (non-hydrogen) atoms. The fourth-order valence-electron chi connectivity index (χ4n) is 6.97. The van der Waals surface area contributed by atoms with E-state index in [4.69, 9.17) is 14.0 Å². The predicted molar refractivity (Wildman–Crippen MR) is 133 cm³/mol. The number of alkyl halides is 3. The van der Waals surface area contributed by atoms with Crippen LogP contribution in [0.5, 0.6) is 0 Å². The minimum atomic E-state index is -4.51. The maximum Gasteiger partial charge on any atom is 0.417 e. The molecule has 1 aliphatic carbocycles. The van der Waals surface area contributed by atoms with Gasteiger partial charge in [-0.3, -0.25) is 14.6 Å². The number of nitrogens with zero attached hydrogens (tertiary/aromatic N) is 4. The Morgan fingerprint density at radius 3 is 2.88 bits per heavy atom. The van der Waals surface area contributed by atoms with Crippen molar-refractivity contribution in [1.29, 1.82) is 0 Å². The monoisotopic (exact) mass is 563 g/mol. The summed E-state index contributed by atoms with van der Waals surface area (Å²) >= 11 is 0. The number of carbonyl (C=O) groups excluding carboxylic acids is 2. The van der Waals surface area contributed by atoms with E-state index in [9.17, 15) is 22.8 Å². The van der Waals surface area contributed by atoms with Crippen molar-refractivity contribution in [3.8, 4) is 0 Å². The van der Waals surface area contributed by atoms with E-state index in [2.05, 4.69) is 15.5 Å². The molecule has 2 amide bonds. The van der Waals surface area contributed by atoms with E-state index in [0.29, 0.717) is 56.8 Å². The highest BCUT2D eigenvalue weighted by Crippen LogP contribution is 2.51. The summed E-state index contributed by atoms with van der Waals surface area (Å²) in [7, 11) is 1.66. The van der Waals surface area contributed by atoms with E-state index in [1.807, 2.05) is 0 Å². The molecule has 2 aromatic rings. The Kier molecular flexibility index (Phi) is 7.07. The van der Waals surface area contributed by atoms with Crippen molar-refractivity contribution < 1.29 is 36.8 Å². The lowest BCUT2D eigenvalue weighted by atomic mass is 9.78. The molecule has 216 valence electrons. The highest BCUT2D eigenvalue weighted by molar-refractivity contribution is 5.93. The number of nitrogens with one attached hydrogen (secondary N) is 1. The maximum absolute atomic E-state index is 14.3. The number of carbonyl (C=O) groups is 2. The van der Waals surface area contributed by atoms with Gasteiger partial charge >= 0.3 is 6.18 Å². The first-order valence-electron chi connectivity index (χ1n) is 13.6. The third-order valence-electron chi connectivity index (χ3n) is 8.95. The highest BCUT2D eigenvalue weighted by atomic mass is 19.4. The summed E-state index contributed by atoms with van der Waals surface area (Å²) in [4.78, 5) is 34.8. The second-order valence-corrected chi connectivity index (χ2v) is 11.3. The third kappa shape index (κ3) is 4.88. The molecule has 1 saturated carbocycles. The first-order chi connectivity index (χ1) is 19.2. The topological polar surface area (TPSA) is 110 Å². The molecule has 4 aliphatic rings. The van der Waals surface area contributed by atoms with Gasteiger partial charge in [-0.2, -0.15) is 13.2 Å². The molecule has 5 atom stereocenters. The van der Waals surface area contributed by atoms with Crippen molar-refractivity contribution in [2.75, 3.05) is 40.0 Å². The fraction of sp³-hybridized carbons (Fsp3) is 0.630. The van der Waals surface area contributed by atoms with Gasteiger partial charge in [0, 0.05) is 76.4 Å². The van der Waals surface area contributed by atoms with Gasteiger partial charge < -0.3 is 29.1 Å². The van der Waals surface area contributed by atoms with Crippen molar-refractivity contribution in [2.24, 2.45) is 11.3 Å². The quantitative estimate of drug-likeness (QED) is 0.590. The lowest BCUT2D eigenvalue weighted by Gasteiger charge is -2.37. The van der Waals surface area contributed by atoms with E-state index >= 15 is 0 Å². The average Bonchev–Trinajstić information content (AvgIpc) is 3.67. The van der Waals surface area contributed by atoms with Gasteiger partial charge in [-0.05, 0) is 36.8 Å². The van der Waals surface area contributed by atoms with Gasteiger partial charge in [-0.25, -0.2) is 0 Å². The predicted octanol–water partition coefficient (Wildman–Crippen LogP) is 2.29. The summed E-state index contributed by atoms with van der Waals surface area (Å²) in [5.74, 6) is -0.463. The van der Waals surface area contributed by atoms with Crippen LogP contribution in [0, 0.1) is 11.3 Å². The Bertz CT molecular complexity index is 1260. The summed E-state index contributed by atoms with van der Waals surface area (Å²) in [5.41, 5.74) is -0.702. The van der Waals surface area contributed by atoms with Gasteiger partial charge in [0.2, 0.25) is 11.7 Å². The summed E-state index contributed by atoms with van der Waals surface area (Å²) in [6.45, 7) is 2.13. The Morgan fingerprint density at radius 2 is 2.12 bits per heavy atom. The summed E-state index contributed by atoms with van der Waals surface area (Å²) in [6.07, 6.45) is -0.00291. The first kappa shape index (κ1) is 27.2. The van der Waals surface area contributed by atoms with Gasteiger partial charge in [0.25, 0.3) is 5.91 Å². The smallest absolute Gasteiger partial charge is 0.379 e. The lowest BCUT2D eigenvalue weighted by molar-refractivity contribution is -0.143. The normalized spacial score (nSPS) is 30.3. The Labute approximate surface area is 229 Å². The molecule has 0 spiro atoms. The van der Waals surface area contributed by atoms with Crippen LogP contribution < -0.4 is 5.32 Å². The molecule has 2 saturated heterocycles. The molecular weight excluding hydrogens is 531 g/mol. The molecule has 6 rings (SSSR count). The summed E-state index contributed by atoms with van der Waals surface area (Å²) in [6, 6.07) is 2.70. The van der Waals surface area contributed by atoms with Crippen LogP contribution in [-0.2, 0) is 33.4 Å². The van der Waals surface area contributed by atoms with Crippen molar-refractivity contribution >= 4 is 11.8 Å². The molecule has 2 aromatic heterocycles. The molecule has 0 radical (unpaired) electrons. The second-order valence-electron chi connectivity index (χ2n) is 11.3. The highest BCUT2D eigenvalue weighted by Gasteiger charge is 2.60. The number of amides is 2. The number of pyridine rings is 1. The number of ether oxygens (including phenoxy) is 2. The van der Waals surface area contributed by atoms with E-state index in [-0.39, 0.29) is 54.8 Å². The Balaban J connectivity index is 1.25. The number of aromatic nitrogens is 2. The summed E-state index contributed by atoms with van der Waals surface area (Å²) in [5, 5.41) is 7.33. The van der Waals surface area contributed by atoms with Crippen molar-refractivity contribution in [1.82, 2.24) is 25.3 Å². The van der Waals surface area contributed by atoms with Crippen molar-refractivity contribution in [2.45, 2.75) is 56.6 Å². The third-order valence-corrected chi connectivity index (χ3v) is 8.95. The molecule has 10 nitrogen and oxygen atoms in total. The fourth-order valence-corrected chi connectivity index (χ4v) is 6.97.